The Morgan fingerprint density at radius 2 is 1.81 bits per heavy atom. The first kappa shape index (κ1) is 15.2. The Balaban J connectivity index is 1.93. The van der Waals surface area contributed by atoms with Crippen molar-refractivity contribution < 1.29 is 14.4 Å². The second-order valence-electron chi connectivity index (χ2n) is 4.59. The average molecular weight is 311 g/mol. The number of anilines is 1. The molecule has 8 heteroatoms. The molecular formula is C13H15ClN4O3. The van der Waals surface area contributed by atoms with Crippen molar-refractivity contribution in [3.8, 4) is 0 Å². The van der Waals surface area contributed by atoms with Crippen LogP contribution in [0.3, 0.4) is 0 Å². The van der Waals surface area contributed by atoms with Crippen molar-refractivity contribution >= 4 is 35.0 Å². The SMILES string of the molecule is CC(=O)N1CCN(C(=O)C(=O)Nc2cccnc2Cl)CC1. The van der Waals surface area contributed by atoms with Gasteiger partial charge in [0.05, 0.1) is 5.69 Å². The summed E-state index contributed by atoms with van der Waals surface area (Å²) in [7, 11) is 0. The zero-order valence-corrected chi connectivity index (χ0v) is 12.3. The van der Waals surface area contributed by atoms with E-state index in [0.717, 1.165) is 0 Å². The van der Waals surface area contributed by atoms with Gasteiger partial charge in [-0.05, 0) is 12.1 Å². The number of hydrogen-bond acceptors (Lipinski definition) is 4. The van der Waals surface area contributed by atoms with Gasteiger partial charge in [-0.1, -0.05) is 11.6 Å². The van der Waals surface area contributed by atoms with E-state index in [4.69, 9.17) is 11.6 Å². The fourth-order valence-corrected chi connectivity index (χ4v) is 2.19. The Bertz CT molecular complexity index is 570. The summed E-state index contributed by atoms with van der Waals surface area (Å²) in [5, 5.41) is 2.56. The molecule has 7 nitrogen and oxygen atoms in total. The highest BCUT2D eigenvalue weighted by atomic mass is 35.5. The maximum atomic E-state index is 12.0. The van der Waals surface area contributed by atoms with Crippen molar-refractivity contribution in [2.45, 2.75) is 6.92 Å². The molecule has 0 aromatic carbocycles. The molecule has 0 atom stereocenters. The van der Waals surface area contributed by atoms with E-state index in [1.807, 2.05) is 0 Å². The molecule has 0 spiro atoms. The first-order chi connectivity index (χ1) is 9.99. The number of aromatic nitrogens is 1. The van der Waals surface area contributed by atoms with Gasteiger partial charge in [-0.2, -0.15) is 0 Å². The molecule has 21 heavy (non-hydrogen) atoms. The largest absolute Gasteiger partial charge is 0.339 e. The summed E-state index contributed by atoms with van der Waals surface area (Å²) in [6.07, 6.45) is 1.49. The van der Waals surface area contributed by atoms with E-state index < -0.39 is 11.8 Å². The van der Waals surface area contributed by atoms with Gasteiger partial charge in [0.1, 0.15) is 0 Å². The fraction of sp³-hybridized carbons (Fsp3) is 0.385. The van der Waals surface area contributed by atoms with Crippen LogP contribution in [0.4, 0.5) is 5.69 Å². The van der Waals surface area contributed by atoms with Gasteiger partial charge < -0.3 is 15.1 Å². The second-order valence-corrected chi connectivity index (χ2v) is 4.95. The topological polar surface area (TPSA) is 82.6 Å². The summed E-state index contributed by atoms with van der Waals surface area (Å²) in [4.78, 5) is 42.0. The van der Waals surface area contributed by atoms with Gasteiger partial charge in [-0.3, -0.25) is 14.4 Å². The van der Waals surface area contributed by atoms with Crippen LogP contribution >= 0.6 is 11.6 Å². The van der Waals surface area contributed by atoms with Gasteiger partial charge in [-0.25, -0.2) is 4.98 Å². The molecule has 1 aromatic heterocycles. The Morgan fingerprint density at radius 3 is 2.38 bits per heavy atom. The number of rotatable bonds is 1. The maximum absolute atomic E-state index is 12.0. The van der Waals surface area contributed by atoms with E-state index in [-0.39, 0.29) is 11.1 Å². The molecule has 1 aromatic rings. The standard InChI is InChI=1S/C13H15ClN4O3/c1-9(19)17-5-7-18(8-6-17)13(21)12(20)16-10-3-2-4-15-11(10)14/h2-4H,5-8H2,1H3,(H,16,20). The molecular weight excluding hydrogens is 296 g/mol. The molecule has 3 amide bonds. The summed E-state index contributed by atoms with van der Waals surface area (Å²) in [6.45, 7) is 3.03. The molecule has 1 aliphatic heterocycles. The van der Waals surface area contributed by atoms with Crippen LogP contribution in [0.25, 0.3) is 0 Å². The third-order valence-corrected chi connectivity index (χ3v) is 3.51. The number of halogens is 1. The van der Waals surface area contributed by atoms with Crippen molar-refractivity contribution in [1.82, 2.24) is 14.8 Å². The molecule has 1 N–H and O–H groups in total. The van der Waals surface area contributed by atoms with Crippen LogP contribution in [0.2, 0.25) is 5.15 Å². The lowest BCUT2D eigenvalue weighted by Gasteiger charge is -2.33. The fourth-order valence-electron chi connectivity index (χ4n) is 2.02. The van der Waals surface area contributed by atoms with E-state index in [0.29, 0.717) is 31.9 Å². The number of amides is 3. The molecule has 112 valence electrons. The van der Waals surface area contributed by atoms with E-state index in [2.05, 4.69) is 10.3 Å². The normalized spacial score (nSPS) is 14.8. The van der Waals surface area contributed by atoms with Crippen molar-refractivity contribution in [2.75, 3.05) is 31.5 Å². The van der Waals surface area contributed by atoms with Crippen LogP contribution in [0.15, 0.2) is 18.3 Å². The van der Waals surface area contributed by atoms with Gasteiger partial charge >= 0.3 is 11.8 Å². The summed E-state index contributed by atoms with van der Waals surface area (Å²) in [6, 6.07) is 3.17. The minimum Gasteiger partial charge on any atom is -0.339 e. The van der Waals surface area contributed by atoms with Crippen LogP contribution in [-0.2, 0) is 14.4 Å². The highest BCUT2D eigenvalue weighted by Crippen LogP contribution is 2.17. The van der Waals surface area contributed by atoms with Crippen molar-refractivity contribution in [2.24, 2.45) is 0 Å². The molecule has 1 saturated heterocycles. The van der Waals surface area contributed by atoms with Crippen molar-refractivity contribution in [3.05, 3.63) is 23.5 Å². The smallest absolute Gasteiger partial charge is 0.313 e. The zero-order chi connectivity index (χ0) is 15.4. The van der Waals surface area contributed by atoms with Gasteiger partial charge in [-0.15, -0.1) is 0 Å². The summed E-state index contributed by atoms with van der Waals surface area (Å²) >= 11 is 5.82. The third kappa shape index (κ3) is 3.69. The molecule has 0 bridgehead atoms. The van der Waals surface area contributed by atoms with Crippen LogP contribution < -0.4 is 5.32 Å². The number of hydrogen-bond donors (Lipinski definition) is 1. The van der Waals surface area contributed by atoms with Gasteiger partial charge in [0.2, 0.25) is 5.91 Å². The summed E-state index contributed by atoms with van der Waals surface area (Å²) in [5.41, 5.74) is 0.292. The van der Waals surface area contributed by atoms with Gasteiger partial charge in [0.15, 0.2) is 5.15 Å². The molecule has 1 fully saturated rings. The Morgan fingerprint density at radius 1 is 1.19 bits per heavy atom. The van der Waals surface area contributed by atoms with Gasteiger partial charge in [0.25, 0.3) is 0 Å². The van der Waals surface area contributed by atoms with Crippen LogP contribution in [0, 0.1) is 0 Å². The van der Waals surface area contributed by atoms with E-state index in [9.17, 15) is 14.4 Å². The number of carbonyl (C=O) groups excluding carboxylic acids is 3. The molecule has 1 aliphatic rings. The highest BCUT2D eigenvalue weighted by molar-refractivity contribution is 6.41. The lowest BCUT2D eigenvalue weighted by atomic mass is 10.3. The Kier molecular flexibility index (Phi) is 4.74. The van der Waals surface area contributed by atoms with E-state index in [1.165, 1.54) is 18.0 Å². The highest BCUT2D eigenvalue weighted by Gasteiger charge is 2.27. The predicted molar refractivity (Wildman–Crippen MR) is 76.7 cm³/mol. The predicted octanol–water partition coefficient (Wildman–Crippen LogP) is 0.364. The Hall–Kier alpha value is -2.15. The Labute approximate surface area is 126 Å². The minimum atomic E-state index is -0.763. The van der Waals surface area contributed by atoms with Crippen LogP contribution in [0.1, 0.15) is 6.92 Å². The van der Waals surface area contributed by atoms with E-state index in [1.54, 1.807) is 17.0 Å². The molecule has 2 heterocycles. The van der Waals surface area contributed by atoms with Crippen LogP contribution in [0.5, 0.6) is 0 Å². The quantitative estimate of drug-likeness (QED) is 0.600. The number of piperazine rings is 1. The summed E-state index contributed by atoms with van der Waals surface area (Å²) < 4.78 is 0. The summed E-state index contributed by atoms with van der Waals surface area (Å²) in [5.74, 6) is -1.44. The number of carbonyl (C=O) groups is 3. The maximum Gasteiger partial charge on any atom is 0.313 e. The number of nitrogens with one attached hydrogen (secondary N) is 1. The lowest BCUT2D eigenvalue weighted by molar-refractivity contribution is -0.145. The molecule has 0 unspecified atom stereocenters. The second kappa shape index (κ2) is 6.53. The molecule has 2 rings (SSSR count). The van der Waals surface area contributed by atoms with Gasteiger partial charge in [0, 0.05) is 39.3 Å². The first-order valence-corrected chi connectivity index (χ1v) is 6.83. The molecule has 0 saturated carbocycles. The van der Waals surface area contributed by atoms with E-state index >= 15 is 0 Å². The number of pyridine rings is 1. The molecule has 0 radical (unpaired) electrons. The average Bonchev–Trinajstić information content (AvgIpc) is 2.49. The zero-order valence-electron chi connectivity index (χ0n) is 11.5. The van der Waals surface area contributed by atoms with Crippen LogP contribution in [-0.4, -0.2) is 58.7 Å². The first-order valence-electron chi connectivity index (χ1n) is 6.45. The minimum absolute atomic E-state index is 0.0336. The number of nitrogens with zero attached hydrogens (tertiary/aromatic N) is 3. The monoisotopic (exact) mass is 310 g/mol. The molecule has 0 aliphatic carbocycles. The van der Waals surface area contributed by atoms with Crippen molar-refractivity contribution in [3.63, 3.8) is 0 Å². The lowest BCUT2D eigenvalue weighted by Crippen LogP contribution is -2.52. The third-order valence-electron chi connectivity index (χ3n) is 3.21. The van der Waals surface area contributed by atoms with Crippen molar-refractivity contribution in [1.29, 1.82) is 0 Å².